The zero-order chi connectivity index (χ0) is 13.1. The van der Waals surface area contributed by atoms with E-state index in [1.165, 1.54) is 29.5 Å². The minimum Gasteiger partial charge on any atom is -0.327 e. The molecule has 1 heterocycles. The quantitative estimate of drug-likeness (QED) is 0.912. The van der Waals surface area contributed by atoms with Crippen molar-refractivity contribution in [2.45, 2.75) is 31.7 Å². The Balaban J connectivity index is 1.68. The maximum absolute atomic E-state index is 6.41. The first kappa shape index (κ1) is 12.4. The minimum absolute atomic E-state index is 0.234. The second-order valence-corrected chi connectivity index (χ2v) is 5.50. The molecule has 98 valence electrons. The summed E-state index contributed by atoms with van der Waals surface area (Å²) < 4.78 is 0. The van der Waals surface area contributed by atoms with Crippen molar-refractivity contribution < 1.29 is 0 Å². The predicted molar refractivity (Wildman–Crippen MR) is 77.9 cm³/mol. The molecule has 1 aliphatic rings. The van der Waals surface area contributed by atoms with Gasteiger partial charge < -0.3 is 5.73 Å². The third kappa shape index (κ3) is 2.85. The van der Waals surface area contributed by atoms with Crippen LogP contribution in [0.4, 0.5) is 0 Å². The minimum atomic E-state index is 0.234. The van der Waals surface area contributed by atoms with Gasteiger partial charge in [0.1, 0.15) is 0 Å². The Labute approximate surface area is 114 Å². The molecular formula is C17H20N2. The molecule has 2 nitrogen and oxygen atoms in total. The fourth-order valence-corrected chi connectivity index (χ4v) is 3.05. The number of aromatic nitrogens is 1. The highest BCUT2D eigenvalue weighted by atomic mass is 14.7. The summed E-state index contributed by atoms with van der Waals surface area (Å²) in [6, 6.07) is 13.1. The lowest BCUT2D eigenvalue weighted by molar-refractivity contribution is 0.372. The molecule has 2 aromatic rings. The Bertz CT molecular complexity index is 536. The standard InChI is InChI=1S/C17H20N2/c18-17(10-13-4-3-9-19-12-13)16-8-7-14-5-1-2-6-15(14)11-16/h1-6,9,12,16-17H,7-8,10-11,18H2. The lowest BCUT2D eigenvalue weighted by Gasteiger charge is -2.29. The Morgan fingerprint density at radius 2 is 2.00 bits per heavy atom. The first-order chi connectivity index (χ1) is 9.33. The summed E-state index contributed by atoms with van der Waals surface area (Å²) in [5, 5.41) is 0. The number of nitrogens with two attached hydrogens (primary N) is 1. The van der Waals surface area contributed by atoms with Crippen molar-refractivity contribution in [2.24, 2.45) is 11.7 Å². The molecule has 2 N–H and O–H groups in total. The van der Waals surface area contributed by atoms with Crippen molar-refractivity contribution in [2.75, 3.05) is 0 Å². The molecule has 19 heavy (non-hydrogen) atoms. The van der Waals surface area contributed by atoms with Crippen LogP contribution in [0, 0.1) is 5.92 Å². The van der Waals surface area contributed by atoms with Gasteiger partial charge >= 0.3 is 0 Å². The van der Waals surface area contributed by atoms with Crippen LogP contribution in [0.2, 0.25) is 0 Å². The number of nitrogens with zero attached hydrogens (tertiary/aromatic N) is 1. The first-order valence-corrected chi connectivity index (χ1v) is 7.04. The SMILES string of the molecule is NC(Cc1cccnc1)C1CCc2ccccc2C1. The van der Waals surface area contributed by atoms with E-state index in [-0.39, 0.29) is 6.04 Å². The fraction of sp³-hybridized carbons (Fsp3) is 0.353. The normalized spacial score (nSPS) is 19.7. The van der Waals surface area contributed by atoms with Gasteiger partial charge in [0.05, 0.1) is 0 Å². The number of benzene rings is 1. The van der Waals surface area contributed by atoms with Crippen molar-refractivity contribution in [3.8, 4) is 0 Å². The predicted octanol–water partition coefficient (Wildman–Crippen LogP) is 2.76. The summed E-state index contributed by atoms with van der Waals surface area (Å²) in [6.45, 7) is 0. The largest absolute Gasteiger partial charge is 0.327 e. The fourth-order valence-electron chi connectivity index (χ4n) is 3.05. The Kier molecular flexibility index (Phi) is 3.60. The molecule has 1 aromatic heterocycles. The van der Waals surface area contributed by atoms with Crippen LogP contribution in [-0.4, -0.2) is 11.0 Å². The molecule has 0 saturated carbocycles. The number of rotatable bonds is 3. The van der Waals surface area contributed by atoms with Crippen molar-refractivity contribution >= 4 is 0 Å². The van der Waals surface area contributed by atoms with E-state index >= 15 is 0 Å². The van der Waals surface area contributed by atoms with Crippen molar-refractivity contribution in [1.29, 1.82) is 0 Å². The lowest BCUT2D eigenvalue weighted by atomic mass is 9.79. The van der Waals surface area contributed by atoms with E-state index in [2.05, 4.69) is 35.3 Å². The van der Waals surface area contributed by atoms with Gasteiger partial charge in [-0.3, -0.25) is 4.98 Å². The van der Waals surface area contributed by atoms with Gasteiger partial charge in [-0.1, -0.05) is 30.3 Å². The summed E-state index contributed by atoms with van der Waals surface area (Å²) in [5.74, 6) is 0.593. The number of hydrogen-bond acceptors (Lipinski definition) is 2. The van der Waals surface area contributed by atoms with Crippen LogP contribution in [0.1, 0.15) is 23.1 Å². The number of pyridine rings is 1. The summed E-state index contributed by atoms with van der Waals surface area (Å²) in [4.78, 5) is 4.16. The first-order valence-electron chi connectivity index (χ1n) is 7.04. The van der Waals surface area contributed by atoms with Crippen LogP contribution < -0.4 is 5.73 Å². The van der Waals surface area contributed by atoms with E-state index < -0.39 is 0 Å². The monoisotopic (exact) mass is 252 g/mol. The maximum atomic E-state index is 6.41. The maximum Gasteiger partial charge on any atom is 0.0300 e. The third-order valence-corrected chi connectivity index (χ3v) is 4.18. The van der Waals surface area contributed by atoms with Gasteiger partial charge in [-0.2, -0.15) is 0 Å². The molecule has 0 spiro atoms. The highest BCUT2D eigenvalue weighted by Crippen LogP contribution is 2.27. The van der Waals surface area contributed by atoms with Crippen LogP contribution in [0.15, 0.2) is 48.8 Å². The molecule has 1 aliphatic carbocycles. The van der Waals surface area contributed by atoms with Crippen molar-refractivity contribution in [3.63, 3.8) is 0 Å². The van der Waals surface area contributed by atoms with Gasteiger partial charge in [0, 0.05) is 18.4 Å². The second kappa shape index (κ2) is 5.54. The van der Waals surface area contributed by atoms with Gasteiger partial charge in [-0.25, -0.2) is 0 Å². The van der Waals surface area contributed by atoms with Crippen molar-refractivity contribution in [1.82, 2.24) is 4.98 Å². The smallest absolute Gasteiger partial charge is 0.0300 e. The molecule has 0 radical (unpaired) electrons. The summed E-state index contributed by atoms with van der Waals surface area (Å²) in [6.07, 6.45) is 8.17. The molecule has 0 fully saturated rings. The van der Waals surface area contributed by atoms with Crippen LogP contribution in [-0.2, 0) is 19.3 Å². The molecule has 0 amide bonds. The zero-order valence-corrected chi connectivity index (χ0v) is 11.1. The number of hydrogen-bond donors (Lipinski definition) is 1. The van der Waals surface area contributed by atoms with Crippen molar-refractivity contribution in [3.05, 3.63) is 65.5 Å². The van der Waals surface area contributed by atoms with Gasteiger partial charge in [-0.05, 0) is 54.4 Å². The van der Waals surface area contributed by atoms with Gasteiger partial charge in [-0.15, -0.1) is 0 Å². The third-order valence-electron chi connectivity index (χ3n) is 4.18. The van der Waals surface area contributed by atoms with Crippen LogP contribution in [0.5, 0.6) is 0 Å². The van der Waals surface area contributed by atoms with E-state index in [4.69, 9.17) is 5.73 Å². The van der Waals surface area contributed by atoms with Gasteiger partial charge in [0.15, 0.2) is 0 Å². The van der Waals surface area contributed by atoms with Crippen LogP contribution >= 0.6 is 0 Å². The highest BCUT2D eigenvalue weighted by molar-refractivity contribution is 5.30. The number of fused-ring (bicyclic) bond motifs is 1. The number of aryl methyl sites for hydroxylation is 1. The molecule has 0 saturated heterocycles. The van der Waals surface area contributed by atoms with Gasteiger partial charge in [0.25, 0.3) is 0 Å². The summed E-state index contributed by atoms with van der Waals surface area (Å²) in [5.41, 5.74) is 10.6. The molecule has 1 aromatic carbocycles. The van der Waals surface area contributed by atoms with E-state index in [0.717, 1.165) is 12.8 Å². The van der Waals surface area contributed by atoms with Crippen LogP contribution in [0.3, 0.4) is 0 Å². The molecule has 2 unspecified atom stereocenters. The molecular weight excluding hydrogens is 232 g/mol. The van der Waals surface area contributed by atoms with Gasteiger partial charge in [0.2, 0.25) is 0 Å². The lowest BCUT2D eigenvalue weighted by Crippen LogP contribution is -2.35. The van der Waals surface area contributed by atoms with E-state index in [9.17, 15) is 0 Å². The molecule has 2 atom stereocenters. The molecule has 2 heteroatoms. The Morgan fingerprint density at radius 1 is 1.16 bits per heavy atom. The highest BCUT2D eigenvalue weighted by Gasteiger charge is 2.23. The molecule has 3 rings (SSSR count). The van der Waals surface area contributed by atoms with E-state index in [0.29, 0.717) is 5.92 Å². The topological polar surface area (TPSA) is 38.9 Å². The Hall–Kier alpha value is -1.67. The molecule has 0 bridgehead atoms. The van der Waals surface area contributed by atoms with E-state index in [1.54, 1.807) is 0 Å². The Morgan fingerprint density at radius 3 is 2.79 bits per heavy atom. The average molecular weight is 252 g/mol. The zero-order valence-electron chi connectivity index (χ0n) is 11.1. The van der Waals surface area contributed by atoms with E-state index in [1.807, 2.05) is 18.5 Å². The average Bonchev–Trinajstić information content (AvgIpc) is 2.48. The second-order valence-electron chi connectivity index (χ2n) is 5.50. The summed E-state index contributed by atoms with van der Waals surface area (Å²) >= 11 is 0. The van der Waals surface area contributed by atoms with Crippen LogP contribution in [0.25, 0.3) is 0 Å². The molecule has 0 aliphatic heterocycles. The summed E-state index contributed by atoms with van der Waals surface area (Å²) in [7, 11) is 0.